The quantitative estimate of drug-likeness (QED) is 0.630. The zero-order valence-electron chi connectivity index (χ0n) is 8.49. The number of hydrogen-bond donors (Lipinski definition) is 0. The van der Waals surface area contributed by atoms with E-state index in [0.29, 0.717) is 10.8 Å². The number of nitriles is 1. The predicted octanol–water partition coefficient (Wildman–Crippen LogP) is 2.31. The SMILES string of the molecule is CCOC(=O)c1cc(C=O)c(C#N)cc1Br. The molecule has 0 fully saturated rings. The van der Waals surface area contributed by atoms with E-state index < -0.39 is 5.97 Å². The molecule has 1 aromatic rings. The lowest BCUT2D eigenvalue weighted by Gasteiger charge is -2.05. The molecule has 0 aromatic heterocycles. The maximum atomic E-state index is 11.5. The van der Waals surface area contributed by atoms with Gasteiger partial charge in [0.2, 0.25) is 0 Å². The minimum absolute atomic E-state index is 0.175. The highest BCUT2D eigenvalue weighted by molar-refractivity contribution is 9.10. The van der Waals surface area contributed by atoms with Gasteiger partial charge in [0.15, 0.2) is 6.29 Å². The Balaban J connectivity index is 3.27. The van der Waals surface area contributed by atoms with E-state index in [-0.39, 0.29) is 23.3 Å². The fraction of sp³-hybridized carbons (Fsp3) is 0.182. The van der Waals surface area contributed by atoms with Crippen molar-refractivity contribution < 1.29 is 14.3 Å². The summed E-state index contributed by atoms with van der Waals surface area (Å²) >= 11 is 3.15. The van der Waals surface area contributed by atoms with E-state index in [9.17, 15) is 9.59 Å². The van der Waals surface area contributed by atoms with Crippen molar-refractivity contribution >= 4 is 28.2 Å². The number of rotatable bonds is 3. The van der Waals surface area contributed by atoms with E-state index in [0.717, 1.165) is 0 Å². The van der Waals surface area contributed by atoms with Gasteiger partial charge in [0, 0.05) is 10.0 Å². The Hall–Kier alpha value is -1.67. The van der Waals surface area contributed by atoms with Gasteiger partial charge >= 0.3 is 5.97 Å². The van der Waals surface area contributed by atoms with Gasteiger partial charge in [-0.05, 0) is 35.0 Å². The van der Waals surface area contributed by atoms with Gasteiger partial charge < -0.3 is 4.74 Å². The average molecular weight is 282 g/mol. The molecule has 0 saturated carbocycles. The number of ether oxygens (including phenoxy) is 1. The Bertz CT molecular complexity index is 477. The molecule has 16 heavy (non-hydrogen) atoms. The Morgan fingerprint density at radius 3 is 2.81 bits per heavy atom. The van der Waals surface area contributed by atoms with Crippen LogP contribution in [0.5, 0.6) is 0 Å². The number of halogens is 1. The summed E-state index contributed by atoms with van der Waals surface area (Å²) in [5.74, 6) is -0.526. The highest BCUT2D eigenvalue weighted by Crippen LogP contribution is 2.22. The van der Waals surface area contributed by atoms with Gasteiger partial charge in [-0.25, -0.2) is 4.79 Å². The topological polar surface area (TPSA) is 67.2 Å². The van der Waals surface area contributed by atoms with E-state index in [1.807, 2.05) is 6.07 Å². The molecule has 0 aliphatic carbocycles. The number of aldehydes is 1. The summed E-state index contributed by atoms with van der Waals surface area (Å²) in [5, 5.41) is 8.76. The standard InChI is InChI=1S/C11H8BrNO3/c1-2-16-11(15)9-3-8(6-14)7(5-13)4-10(9)12/h3-4,6H,2H2,1H3. The Labute approximate surface area is 101 Å². The van der Waals surface area contributed by atoms with E-state index in [1.54, 1.807) is 6.92 Å². The van der Waals surface area contributed by atoms with Gasteiger partial charge in [-0.15, -0.1) is 0 Å². The molecule has 0 aliphatic heterocycles. The third-order valence-electron chi connectivity index (χ3n) is 1.88. The van der Waals surface area contributed by atoms with E-state index in [1.165, 1.54) is 12.1 Å². The maximum absolute atomic E-state index is 11.5. The monoisotopic (exact) mass is 281 g/mol. The lowest BCUT2D eigenvalue weighted by molar-refractivity contribution is 0.0525. The van der Waals surface area contributed by atoms with Crippen LogP contribution >= 0.6 is 15.9 Å². The molecule has 0 radical (unpaired) electrons. The minimum Gasteiger partial charge on any atom is -0.462 e. The first-order chi connectivity index (χ1) is 7.63. The predicted molar refractivity (Wildman–Crippen MR) is 60.2 cm³/mol. The molecule has 0 spiro atoms. The zero-order chi connectivity index (χ0) is 12.1. The van der Waals surface area contributed by atoms with Crippen molar-refractivity contribution in [3.63, 3.8) is 0 Å². The van der Waals surface area contributed by atoms with Crippen LogP contribution in [0.1, 0.15) is 33.2 Å². The van der Waals surface area contributed by atoms with Crippen LogP contribution < -0.4 is 0 Å². The molecule has 1 aromatic carbocycles. The largest absolute Gasteiger partial charge is 0.462 e. The average Bonchev–Trinajstić information content (AvgIpc) is 2.28. The van der Waals surface area contributed by atoms with Crippen molar-refractivity contribution in [3.05, 3.63) is 33.3 Å². The lowest BCUT2D eigenvalue weighted by Crippen LogP contribution is -2.07. The molecule has 0 aliphatic rings. The first-order valence-corrected chi connectivity index (χ1v) is 5.29. The molecular weight excluding hydrogens is 274 g/mol. The molecule has 0 N–H and O–H groups in total. The lowest BCUT2D eigenvalue weighted by atomic mass is 10.1. The van der Waals surface area contributed by atoms with Crippen molar-refractivity contribution in [2.75, 3.05) is 6.61 Å². The van der Waals surface area contributed by atoms with Crippen molar-refractivity contribution in [2.24, 2.45) is 0 Å². The van der Waals surface area contributed by atoms with E-state index in [4.69, 9.17) is 10.00 Å². The summed E-state index contributed by atoms with van der Waals surface area (Å²) in [6, 6.07) is 4.64. The molecule has 1 rings (SSSR count). The van der Waals surface area contributed by atoms with E-state index >= 15 is 0 Å². The van der Waals surface area contributed by atoms with Crippen LogP contribution in [0.2, 0.25) is 0 Å². The van der Waals surface area contributed by atoms with Crippen LogP contribution in [0.25, 0.3) is 0 Å². The van der Waals surface area contributed by atoms with Gasteiger partial charge in [-0.1, -0.05) is 0 Å². The molecule has 82 valence electrons. The molecular formula is C11H8BrNO3. The van der Waals surface area contributed by atoms with Gasteiger partial charge in [0.05, 0.1) is 23.8 Å². The van der Waals surface area contributed by atoms with Gasteiger partial charge in [0.1, 0.15) is 0 Å². The minimum atomic E-state index is -0.526. The Morgan fingerprint density at radius 1 is 1.62 bits per heavy atom. The molecule has 0 heterocycles. The van der Waals surface area contributed by atoms with Gasteiger partial charge in [-0.3, -0.25) is 4.79 Å². The fourth-order valence-electron chi connectivity index (χ4n) is 1.15. The van der Waals surface area contributed by atoms with Crippen molar-refractivity contribution in [1.29, 1.82) is 5.26 Å². The van der Waals surface area contributed by atoms with E-state index in [2.05, 4.69) is 15.9 Å². The third-order valence-corrected chi connectivity index (χ3v) is 2.54. The first kappa shape index (κ1) is 12.4. The summed E-state index contributed by atoms with van der Waals surface area (Å²) in [6.45, 7) is 1.94. The second-order valence-corrected chi connectivity index (χ2v) is 3.72. The highest BCUT2D eigenvalue weighted by Gasteiger charge is 2.14. The zero-order valence-corrected chi connectivity index (χ0v) is 10.1. The van der Waals surface area contributed by atoms with Crippen molar-refractivity contribution in [3.8, 4) is 6.07 Å². The molecule has 0 atom stereocenters. The summed E-state index contributed by atoms with van der Waals surface area (Å²) in [6.07, 6.45) is 0.535. The third kappa shape index (κ3) is 2.47. The summed E-state index contributed by atoms with van der Waals surface area (Å²) in [7, 11) is 0. The second-order valence-electron chi connectivity index (χ2n) is 2.87. The maximum Gasteiger partial charge on any atom is 0.339 e. The summed E-state index contributed by atoms with van der Waals surface area (Å²) in [5.41, 5.74) is 0.631. The number of hydrogen-bond acceptors (Lipinski definition) is 4. The summed E-state index contributed by atoms with van der Waals surface area (Å²) < 4.78 is 5.25. The van der Waals surface area contributed by atoms with Gasteiger partial charge in [-0.2, -0.15) is 5.26 Å². The van der Waals surface area contributed by atoms with Gasteiger partial charge in [0.25, 0.3) is 0 Å². The molecule has 0 bridgehead atoms. The Kier molecular flexibility index (Phi) is 4.20. The number of carbonyl (C=O) groups is 2. The number of esters is 1. The first-order valence-electron chi connectivity index (χ1n) is 4.50. The van der Waals surface area contributed by atoms with Crippen molar-refractivity contribution in [2.45, 2.75) is 6.92 Å². The molecule has 0 saturated heterocycles. The fourth-order valence-corrected chi connectivity index (χ4v) is 1.65. The van der Waals surface area contributed by atoms with Crippen molar-refractivity contribution in [1.82, 2.24) is 0 Å². The van der Waals surface area contributed by atoms with Crippen LogP contribution in [-0.4, -0.2) is 18.9 Å². The van der Waals surface area contributed by atoms with Crippen LogP contribution in [0.3, 0.4) is 0 Å². The van der Waals surface area contributed by atoms with Crippen LogP contribution in [0, 0.1) is 11.3 Å². The van der Waals surface area contributed by atoms with Crippen LogP contribution in [0.4, 0.5) is 0 Å². The molecule has 5 heteroatoms. The molecule has 0 amide bonds. The molecule has 0 unspecified atom stereocenters. The van der Waals surface area contributed by atoms with Crippen LogP contribution in [0.15, 0.2) is 16.6 Å². The van der Waals surface area contributed by atoms with Crippen LogP contribution in [-0.2, 0) is 4.74 Å². The second kappa shape index (κ2) is 5.42. The number of nitrogens with zero attached hydrogens (tertiary/aromatic N) is 1. The number of carbonyl (C=O) groups excluding carboxylic acids is 2. The summed E-state index contributed by atoms with van der Waals surface area (Å²) in [4.78, 5) is 22.2. The smallest absolute Gasteiger partial charge is 0.339 e. The molecule has 4 nitrogen and oxygen atoms in total. The Morgan fingerprint density at radius 2 is 2.31 bits per heavy atom. The normalized spacial score (nSPS) is 9.31. The highest BCUT2D eigenvalue weighted by atomic mass is 79.9. The number of benzene rings is 1.